The number of amides is 2. The van der Waals surface area contributed by atoms with Gasteiger partial charge in [0.1, 0.15) is 17.8 Å². The molecule has 2 rings (SSSR count). The van der Waals surface area contributed by atoms with E-state index in [0.717, 1.165) is 17.3 Å². The second kappa shape index (κ2) is 14.3. The molecule has 0 aliphatic rings. The summed E-state index contributed by atoms with van der Waals surface area (Å²) in [7, 11) is 1.24. The maximum absolute atomic E-state index is 13.3. The van der Waals surface area contributed by atoms with Crippen LogP contribution in [0.4, 0.5) is 0 Å². The number of methoxy groups -OCH3 is 1. The number of ether oxygens (including phenoxy) is 1. The molecule has 0 aliphatic heterocycles. The molecule has 0 bridgehead atoms. The number of benzene rings is 2. The molecule has 4 atom stereocenters. The van der Waals surface area contributed by atoms with E-state index in [-0.39, 0.29) is 23.2 Å². The molecule has 0 radical (unpaired) electrons. The molecule has 2 aromatic carbocycles. The van der Waals surface area contributed by atoms with Gasteiger partial charge in [0.05, 0.1) is 12.4 Å². The first-order chi connectivity index (χ1) is 17.1. The van der Waals surface area contributed by atoms with Crippen LogP contribution in [0.25, 0.3) is 0 Å². The summed E-state index contributed by atoms with van der Waals surface area (Å²) in [5, 5.41) is 14.1. The molecule has 3 N–H and O–H groups in total. The Morgan fingerprint density at radius 3 is 2.08 bits per heavy atom. The van der Waals surface area contributed by atoms with Gasteiger partial charge in [-0.05, 0) is 35.6 Å². The zero-order valence-electron chi connectivity index (χ0n) is 21.0. The Kier molecular flexibility index (Phi) is 11.5. The van der Waals surface area contributed by atoms with Crippen LogP contribution in [-0.4, -0.2) is 52.4 Å². The van der Waals surface area contributed by atoms with Crippen molar-refractivity contribution in [2.24, 2.45) is 5.92 Å². The summed E-state index contributed by atoms with van der Waals surface area (Å²) in [5.41, 5.74) is 1.61. The lowest BCUT2D eigenvalue weighted by Gasteiger charge is -2.27. The van der Waals surface area contributed by atoms with Crippen molar-refractivity contribution in [3.05, 3.63) is 65.7 Å². The lowest BCUT2D eigenvalue weighted by Crippen LogP contribution is -2.56. The van der Waals surface area contributed by atoms with Gasteiger partial charge in [0.2, 0.25) is 11.8 Å². The van der Waals surface area contributed by atoms with E-state index < -0.39 is 35.1 Å². The quantitative estimate of drug-likeness (QED) is 0.372. The molecule has 0 spiro atoms. The molecule has 0 heterocycles. The minimum Gasteiger partial charge on any atom is -0.508 e. The predicted molar refractivity (Wildman–Crippen MR) is 139 cm³/mol. The van der Waals surface area contributed by atoms with E-state index in [9.17, 15) is 24.3 Å². The van der Waals surface area contributed by atoms with Gasteiger partial charge in [-0.1, -0.05) is 74.5 Å². The maximum Gasteiger partial charge on any atom is 0.328 e. The second-order valence-corrected chi connectivity index (χ2v) is 9.99. The number of nitrogens with one attached hydrogen (secondary N) is 2. The van der Waals surface area contributed by atoms with Crippen molar-refractivity contribution >= 4 is 34.7 Å². The highest BCUT2D eigenvalue weighted by atomic mass is 32.2. The van der Waals surface area contributed by atoms with Crippen LogP contribution in [0.2, 0.25) is 0 Å². The van der Waals surface area contributed by atoms with Gasteiger partial charge in [-0.15, -0.1) is 0 Å². The summed E-state index contributed by atoms with van der Waals surface area (Å²) in [6.07, 6.45) is 1.08. The van der Waals surface area contributed by atoms with Gasteiger partial charge in [-0.25, -0.2) is 4.79 Å². The summed E-state index contributed by atoms with van der Waals surface area (Å²) in [6.45, 7) is 5.14. The van der Waals surface area contributed by atoms with Gasteiger partial charge < -0.3 is 20.5 Å². The summed E-state index contributed by atoms with van der Waals surface area (Å²) >= 11 is 0.924. The molecule has 0 unspecified atom stereocenters. The van der Waals surface area contributed by atoms with Gasteiger partial charge >= 0.3 is 5.97 Å². The number of hydrogen-bond acceptors (Lipinski definition) is 7. The van der Waals surface area contributed by atoms with Gasteiger partial charge in [0, 0.05) is 13.3 Å². The molecule has 36 heavy (non-hydrogen) atoms. The normalized spacial score (nSPS) is 14.1. The van der Waals surface area contributed by atoms with Crippen LogP contribution in [0.15, 0.2) is 54.6 Å². The van der Waals surface area contributed by atoms with E-state index in [4.69, 9.17) is 4.74 Å². The lowest BCUT2D eigenvalue weighted by molar-refractivity contribution is -0.145. The average Bonchev–Trinajstić information content (AvgIpc) is 2.86. The van der Waals surface area contributed by atoms with Crippen molar-refractivity contribution in [3.63, 3.8) is 0 Å². The number of esters is 1. The highest BCUT2D eigenvalue weighted by molar-refractivity contribution is 8.14. The van der Waals surface area contributed by atoms with Crippen molar-refractivity contribution in [2.75, 3.05) is 7.11 Å². The Morgan fingerprint density at radius 1 is 0.917 bits per heavy atom. The minimum absolute atomic E-state index is 0.0884. The highest BCUT2D eigenvalue weighted by Crippen LogP contribution is 2.19. The Labute approximate surface area is 216 Å². The summed E-state index contributed by atoms with van der Waals surface area (Å²) in [5.74, 6) is -1.71. The Balaban J connectivity index is 2.20. The molecular weight excluding hydrogens is 480 g/mol. The third-order valence-electron chi connectivity index (χ3n) is 5.84. The number of thioether (sulfide) groups is 1. The Hall–Kier alpha value is -3.33. The van der Waals surface area contributed by atoms with Gasteiger partial charge in [-0.2, -0.15) is 0 Å². The van der Waals surface area contributed by atoms with E-state index in [1.165, 1.54) is 26.2 Å². The van der Waals surface area contributed by atoms with E-state index in [2.05, 4.69) is 10.6 Å². The van der Waals surface area contributed by atoms with Gasteiger partial charge in [0.15, 0.2) is 5.12 Å². The fraction of sp³-hybridized carbons (Fsp3) is 0.407. The molecule has 8 nitrogen and oxygen atoms in total. The second-order valence-electron chi connectivity index (χ2n) is 8.61. The topological polar surface area (TPSA) is 122 Å². The van der Waals surface area contributed by atoms with Crippen molar-refractivity contribution < 1.29 is 29.0 Å². The largest absolute Gasteiger partial charge is 0.508 e. The van der Waals surface area contributed by atoms with E-state index in [0.29, 0.717) is 18.4 Å². The first kappa shape index (κ1) is 28.9. The van der Waals surface area contributed by atoms with Crippen molar-refractivity contribution in [1.82, 2.24) is 10.6 Å². The first-order valence-corrected chi connectivity index (χ1v) is 12.7. The standard InChI is InChI=1S/C27H34N2O6S/c1-5-17(2)24(29-25(32)23(36-18(3)30)16-19-9-7-6-8-10-19)26(33)28-22(27(34)35-4)15-20-11-13-21(31)14-12-20/h6-14,17,22-24,31H,5,15-16H2,1-4H3,(H,28,33)(H,29,32)/t17-,22-,23-,24-/m0/s1. The number of carbonyl (C=O) groups is 4. The highest BCUT2D eigenvalue weighted by Gasteiger charge is 2.33. The smallest absolute Gasteiger partial charge is 0.328 e. The number of rotatable bonds is 12. The third kappa shape index (κ3) is 9.03. The number of carbonyl (C=O) groups excluding carboxylic acids is 4. The zero-order valence-corrected chi connectivity index (χ0v) is 21.8. The number of phenolic OH excluding ortho intramolecular Hbond substituents is 1. The molecule has 0 aromatic heterocycles. The lowest BCUT2D eigenvalue weighted by atomic mass is 9.97. The van der Waals surface area contributed by atoms with Crippen LogP contribution >= 0.6 is 11.8 Å². The zero-order chi connectivity index (χ0) is 26.7. The van der Waals surface area contributed by atoms with Crippen molar-refractivity contribution in [1.29, 1.82) is 0 Å². The maximum atomic E-state index is 13.3. The number of aromatic hydroxyl groups is 1. The van der Waals surface area contributed by atoms with Crippen LogP contribution < -0.4 is 10.6 Å². The molecule has 0 aliphatic carbocycles. The molecule has 0 fully saturated rings. The Bertz CT molecular complexity index is 1030. The predicted octanol–water partition coefficient (Wildman–Crippen LogP) is 3.01. The van der Waals surface area contributed by atoms with E-state index >= 15 is 0 Å². The van der Waals surface area contributed by atoms with Crippen LogP contribution in [-0.2, 0) is 36.8 Å². The third-order valence-corrected chi connectivity index (χ3v) is 6.83. The van der Waals surface area contributed by atoms with Gasteiger partial charge in [-0.3, -0.25) is 14.4 Å². The number of phenols is 1. The minimum atomic E-state index is -0.984. The fourth-order valence-electron chi connectivity index (χ4n) is 3.63. The van der Waals surface area contributed by atoms with Crippen LogP contribution in [0.3, 0.4) is 0 Å². The average molecular weight is 515 g/mol. The van der Waals surface area contributed by atoms with Crippen molar-refractivity contribution in [2.45, 2.75) is 57.4 Å². The molecule has 0 saturated carbocycles. The van der Waals surface area contributed by atoms with E-state index in [1.807, 2.05) is 44.2 Å². The van der Waals surface area contributed by atoms with Crippen LogP contribution in [0, 0.1) is 5.92 Å². The summed E-state index contributed by atoms with van der Waals surface area (Å²) < 4.78 is 4.87. The van der Waals surface area contributed by atoms with Crippen LogP contribution in [0.5, 0.6) is 5.75 Å². The first-order valence-electron chi connectivity index (χ1n) is 11.8. The summed E-state index contributed by atoms with van der Waals surface area (Å²) in [6, 6.07) is 13.7. The number of hydrogen-bond donors (Lipinski definition) is 3. The summed E-state index contributed by atoms with van der Waals surface area (Å²) in [4.78, 5) is 50.8. The van der Waals surface area contributed by atoms with Crippen molar-refractivity contribution in [3.8, 4) is 5.75 Å². The van der Waals surface area contributed by atoms with Crippen LogP contribution in [0.1, 0.15) is 38.3 Å². The molecule has 9 heteroatoms. The molecular formula is C27H34N2O6S. The van der Waals surface area contributed by atoms with Gasteiger partial charge in [0.25, 0.3) is 0 Å². The molecule has 194 valence electrons. The SMILES string of the molecule is CC[C@H](C)[C@H](NC(=O)[C@H](Cc1ccccc1)SC(C)=O)C(=O)N[C@@H](Cc1ccc(O)cc1)C(=O)OC. The van der Waals surface area contributed by atoms with E-state index in [1.54, 1.807) is 12.1 Å². The molecule has 2 amide bonds. The Morgan fingerprint density at radius 2 is 1.53 bits per heavy atom. The fourth-order valence-corrected chi connectivity index (χ4v) is 4.48. The molecule has 2 aromatic rings. The monoisotopic (exact) mass is 514 g/mol. The molecule has 0 saturated heterocycles.